The molecule has 0 spiro atoms. The van der Waals surface area contributed by atoms with Crippen LogP contribution in [-0.4, -0.2) is 4.57 Å². The van der Waals surface area contributed by atoms with Gasteiger partial charge in [-0.1, -0.05) is 152 Å². The number of hydrogen-bond acceptors (Lipinski definition) is 1. The molecule has 10 aromatic carbocycles. The van der Waals surface area contributed by atoms with E-state index in [1.807, 2.05) is 0 Å². The van der Waals surface area contributed by atoms with Crippen LogP contribution in [0.1, 0.15) is 0 Å². The highest BCUT2D eigenvalue weighted by Crippen LogP contribution is 2.43. The summed E-state index contributed by atoms with van der Waals surface area (Å²) in [5.41, 5.74) is 9.35. The van der Waals surface area contributed by atoms with Crippen LogP contribution in [0.25, 0.3) is 81.7 Å². The van der Waals surface area contributed by atoms with Crippen molar-refractivity contribution in [3.05, 3.63) is 206 Å². The average molecular weight is 687 g/mol. The SMILES string of the molecule is c1ccc(-n2c3ccc(N(c4ccc(-c5cccc6ccccc56)cc4)c4ccc5ccc6ccccc6c5c4)cc3c3ccc4ccccc4c32)cc1. The maximum atomic E-state index is 2.43. The van der Waals surface area contributed by atoms with Gasteiger partial charge in [0, 0.05) is 38.9 Å². The van der Waals surface area contributed by atoms with Gasteiger partial charge in [0.25, 0.3) is 0 Å². The van der Waals surface area contributed by atoms with Crippen molar-refractivity contribution in [3.63, 3.8) is 0 Å². The van der Waals surface area contributed by atoms with Crippen LogP contribution in [0.15, 0.2) is 206 Å². The number of rotatable bonds is 5. The molecular weight excluding hydrogens is 653 g/mol. The first-order valence-electron chi connectivity index (χ1n) is 18.6. The van der Waals surface area contributed by atoms with Crippen LogP contribution >= 0.6 is 0 Å². The average Bonchev–Trinajstić information content (AvgIpc) is 3.58. The number of hydrogen-bond donors (Lipinski definition) is 0. The molecule has 0 fully saturated rings. The van der Waals surface area contributed by atoms with Crippen LogP contribution in [0.5, 0.6) is 0 Å². The molecule has 0 radical (unpaired) electrons. The predicted molar refractivity (Wildman–Crippen MR) is 231 cm³/mol. The van der Waals surface area contributed by atoms with Gasteiger partial charge in [0.2, 0.25) is 0 Å². The van der Waals surface area contributed by atoms with Crippen LogP contribution in [0.4, 0.5) is 17.1 Å². The number of aromatic nitrogens is 1. The first-order chi connectivity index (χ1) is 26.8. The number of nitrogens with zero attached hydrogens (tertiary/aromatic N) is 2. The topological polar surface area (TPSA) is 8.17 Å². The van der Waals surface area contributed by atoms with Gasteiger partial charge in [-0.2, -0.15) is 0 Å². The molecule has 11 rings (SSSR count). The Hall–Kier alpha value is -7.16. The molecule has 0 aliphatic rings. The van der Waals surface area contributed by atoms with Crippen LogP contribution in [0.3, 0.4) is 0 Å². The van der Waals surface area contributed by atoms with Crippen LogP contribution in [0, 0.1) is 0 Å². The molecule has 2 nitrogen and oxygen atoms in total. The van der Waals surface area contributed by atoms with Gasteiger partial charge in [-0.25, -0.2) is 0 Å². The zero-order valence-corrected chi connectivity index (χ0v) is 29.5. The van der Waals surface area contributed by atoms with Crippen molar-refractivity contribution in [2.75, 3.05) is 4.90 Å². The lowest BCUT2D eigenvalue weighted by molar-refractivity contribution is 1.18. The van der Waals surface area contributed by atoms with E-state index >= 15 is 0 Å². The maximum absolute atomic E-state index is 2.43. The lowest BCUT2D eigenvalue weighted by Crippen LogP contribution is -2.10. The summed E-state index contributed by atoms with van der Waals surface area (Å²) in [6.45, 7) is 0. The Morgan fingerprint density at radius 3 is 1.63 bits per heavy atom. The molecule has 2 heteroatoms. The Kier molecular flexibility index (Phi) is 6.90. The van der Waals surface area contributed by atoms with Crippen LogP contribution in [-0.2, 0) is 0 Å². The third-order valence-electron chi connectivity index (χ3n) is 11.1. The fourth-order valence-corrected chi connectivity index (χ4v) is 8.60. The quantitative estimate of drug-likeness (QED) is 0.164. The van der Waals surface area contributed by atoms with Gasteiger partial charge in [-0.05, 0) is 103 Å². The highest BCUT2D eigenvalue weighted by Gasteiger charge is 2.20. The minimum absolute atomic E-state index is 1.11. The van der Waals surface area contributed by atoms with Gasteiger partial charge in [-0.3, -0.25) is 0 Å². The van der Waals surface area contributed by atoms with Gasteiger partial charge < -0.3 is 9.47 Å². The molecule has 0 bridgehead atoms. The number of fused-ring (bicyclic) bond motifs is 9. The van der Waals surface area contributed by atoms with E-state index in [-0.39, 0.29) is 0 Å². The van der Waals surface area contributed by atoms with Crippen molar-refractivity contribution < 1.29 is 0 Å². The van der Waals surface area contributed by atoms with E-state index in [4.69, 9.17) is 0 Å². The Morgan fingerprint density at radius 1 is 0.315 bits per heavy atom. The number of anilines is 3. The highest BCUT2D eigenvalue weighted by atomic mass is 15.1. The van der Waals surface area contributed by atoms with E-state index in [1.54, 1.807) is 0 Å². The summed E-state index contributed by atoms with van der Waals surface area (Å²) in [6.07, 6.45) is 0. The van der Waals surface area contributed by atoms with Crippen molar-refractivity contribution in [3.8, 4) is 16.8 Å². The lowest BCUT2D eigenvalue weighted by atomic mass is 9.98. The summed E-state index contributed by atoms with van der Waals surface area (Å²) in [6, 6.07) is 75.3. The van der Waals surface area contributed by atoms with E-state index in [0.29, 0.717) is 0 Å². The molecule has 0 aliphatic heterocycles. The number of benzene rings is 10. The molecule has 1 aromatic heterocycles. The molecule has 54 heavy (non-hydrogen) atoms. The number of para-hydroxylation sites is 1. The second-order valence-corrected chi connectivity index (χ2v) is 14.2. The minimum atomic E-state index is 1.11. The Morgan fingerprint density at radius 2 is 0.852 bits per heavy atom. The summed E-state index contributed by atoms with van der Waals surface area (Å²) in [5, 5.41) is 12.4. The molecule has 252 valence electrons. The molecular formula is C52H34N2. The maximum Gasteiger partial charge on any atom is 0.0619 e. The van der Waals surface area contributed by atoms with E-state index < -0.39 is 0 Å². The summed E-state index contributed by atoms with van der Waals surface area (Å²) in [5.74, 6) is 0. The van der Waals surface area contributed by atoms with Crippen LogP contribution in [0.2, 0.25) is 0 Å². The van der Waals surface area contributed by atoms with Gasteiger partial charge in [0.15, 0.2) is 0 Å². The standard InChI is InChI=1S/C52H34N2/c1-2-15-40(16-3-1)54-51-32-30-43(34-50(51)48-31-26-37-13-6-9-19-47(37)52(48)54)53(42-29-25-39-22-21-36-12-5-8-18-46(36)49(39)33-42)41-27-23-38(24-28-41)45-20-10-14-35-11-4-7-17-44(35)45/h1-34H. The van der Waals surface area contributed by atoms with E-state index in [0.717, 1.165) is 22.7 Å². The van der Waals surface area contributed by atoms with E-state index in [9.17, 15) is 0 Å². The summed E-state index contributed by atoms with van der Waals surface area (Å²) >= 11 is 0. The van der Waals surface area contributed by atoms with E-state index in [1.165, 1.54) is 76.0 Å². The molecule has 0 aliphatic carbocycles. The molecule has 0 saturated carbocycles. The highest BCUT2D eigenvalue weighted by molar-refractivity contribution is 6.19. The third-order valence-corrected chi connectivity index (χ3v) is 11.1. The van der Waals surface area contributed by atoms with Crippen molar-refractivity contribution in [2.24, 2.45) is 0 Å². The molecule has 0 saturated heterocycles. The Bertz CT molecular complexity index is 3200. The van der Waals surface area contributed by atoms with Crippen molar-refractivity contribution in [1.82, 2.24) is 4.57 Å². The second-order valence-electron chi connectivity index (χ2n) is 14.2. The monoisotopic (exact) mass is 686 g/mol. The predicted octanol–water partition coefficient (Wildman–Crippen LogP) is 14.5. The van der Waals surface area contributed by atoms with Gasteiger partial charge in [0.1, 0.15) is 0 Å². The normalized spacial score (nSPS) is 11.7. The Balaban J connectivity index is 1.15. The fraction of sp³-hybridized carbons (Fsp3) is 0. The van der Waals surface area contributed by atoms with Gasteiger partial charge in [0.05, 0.1) is 11.0 Å². The first kappa shape index (κ1) is 30.5. The van der Waals surface area contributed by atoms with Crippen LogP contribution < -0.4 is 4.90 Å². The zero-order chi connectivity index (χ0) is 35.6. The molecule has 0 unspecified atom stereocenters. The minimum Gasteiger partial charge on any atom is -0.310 e. The summed E-state index contributed by atoms with van der Waals surface area (Å²) < 4.78 is 2.43. The molecule has 1 heterocycles. The van der Waals surface area contributed by atoms with Crippen molar-refractivity contribution in [1.29, 1.82) is 0 Å². The zero-order valence-electron chi connectivity index (χ0n) is 29.5. The summed E-state index contributed by atoms with van der Waals surface area (Å²) in [7, 11) is 0. The van der Waals surface area contributed by atoms with Gasteiger partial charge in [-0.15, -0.1) is 0 Å². The van der Waals surface area contributed by atoms with E-state index in [2.05, 4.69) is 216 Å². The molecule has 0 amide bonds. The largest absolute Gasteiger partial charge is 0.310 e. The van der Waals surface area contributed by atoms with Crippen molar-refractivity contribution >= 4 is 82.0 Å². The third kappa shape index (κ3) is 4.81. The molecule has 0 N–H and O–H groups in total. The molecule has 11 aromatic rings. The smallest absolute Gasteiger partial charge is 0.0619 e. The van der Waals surface area contributed by atoms with Crippen molar-refractivity contribution in [2.45, 2.75) is 0 Å². The Labute approximate surface area is 313 Å². The first-order valence-corrected chi connectivity index (χ1v) is 18.6. The fourth-order valence-electron chi connectivity index (χ4n) is 8.60. The molecule has 0 atom stereocenters. The lowest BCUT2D eigenvalue weighted by Gasteiger charge is -2.26. The van der Waals surface area contributed by atoms with Gasteiger partial charge >= 0.3 is 0 Å². The summed E-state index contributed by atoms with van der Waals surface area (Å²) in [4.78, 5) is 2.42. The second kappa shape index (κ2) is 12.2.